The molecule has 3 aromatic rings. The van der Waals surface area contributed by atoms with Crippen LogP contribution >= 0.6 is 0 Å². The molecule has 0 unspecified atom stereocenters. The maximum absolute atomic E-state index is 8.05. The Balaban J connectivity index is 1.44. The largest absolute Gasteiger partial charge is 0.360 e. The highest BCUT2D eigenvalue weighted by Gasteiger charge is 2.17. The van der Waals surface area contributed by atoms with E-state index in [2.05, 4.69) is 78.2 Å². The van der Waals surface area contributed by atoms with E-state index in [4.69, 9.17) is 10.4 Å². The molecule has 0 radical (unpaired) electrons. The molecule has 6 rings (SSSR count). The number of benzene rings is 2. The van der Waals surface area contributed by atoms with Crippen molar-refractivity contribution in [2.24, 2.45) is 0 Å². The van der Waals surface area contributed by atoms with Crippen LogP contribution in [-0.2, 0) is 12.8 Å². The Morgan fingerprint density at radius 1 is 0.882 bits per heavy atom. The highest BCUT2D eigenvalue weighted by molar-refractivity contribution is 5.94. The smallest absolute Gasteiger partial charge is 0.0870 e. The molecule has 0 spiro atoms. The number of hydrogen-bond donors (Lipinski definition) is 2. The van der Waals surface area contributed by atoms with Gasteiger partial charge in [-0.3, -0.25) is 4.98 Å². The van der Waals surface area contributed by atoms with Crippen LogP contribution in [0.15, 0.2) is 72.9 Å². The summed E-state index contributed by atoms with van der Waals surface area (Å²) in [5, 5.41) is 14.0. The fraction of sp³-hybridized carbons (Fsp3) is 0.161. The normalized spacial score (nSPS) is 16.6. The number of rotatable bonds is 3. The van der Waals surface area contributed by atoms with Gasteiger partial charge in [0.05, 0.1) is 11.4 Å². The van der Waals surface area contributed by atoms with E-state index in [0.29, 0.717) is 0 Å². The number of hydrogen-bond acceptors (Lipinski definition) is 3. The molecule has 2 aliphatic carbocycles. The number of pyridine rings is 1. The second-order valence-corrected chi connectivity index (χ2v) is 9.30. The quantitative estimate of drug-likeness (QED) is 0.605. The van der Waals surface area contributed by atoms with Gasteiger partial charge in [-0.05, 0) is 94.1 Å². The summed E-state index contributed by atoms with van der Waals surface area (Å²) >= 11 is 0. The summed E-state index contributed by atoms with van der Waals surface area (Å²) in [7, 11) is 0. The lowest BCUT2D eigenvalue weighted by atomic mass is 9.95. The molecule has 1 aromatic heterocycles. The first-order valence-corrected chi connectivity index (χ1v) is 11.9. The van der Waals surface area contributed by atoms with Gasteiger partial charge in [0.25, 0.3) is 0 Å². The Morgan fingerprint density at radius 3 is 2.68 bits per heavy atom. The summed E-state index contributed by atoms with van der Waals surface area (Å²) in [6.07, 6.45) is 14.5. The number of aryl methyl sites for hydroxylation is 1. The lowest BCUT2D eigenvalue weighted by molar-refractivity contribution is 1.08. The Kier molecular flexibility index (Phi) is 5.10. The van der Waals surface area contributed by atoms with Crippen molar-refractivity contribution in [1.29, 1.82) is 5.41 Å². The molecule has 0 fully saturated rings. The van der Waals surface area contributed by atoms with Gasteiger partial charge in [-0.15, -0.1) is 0 Å². The van der Waals surface area contributed by atoms with E-state index in [0.717, 1.165) is 48.5 Å². The number of aromatic nitrogens is 1. The van der Waals surface area contributed by atoms with Crippen LogP contribution in [0.5, 0.6) is 0 Å². The Bertz CT molecular complexity index is 1550. The van der Waals surface area contributed by atoms with E-state index in [1.165, 1.54) is 43.8 Å². The van der Waals surface area contributed by atoms with Gasteiger partial charge in [-0.2, -0.15) is 0 Å². The zero-order valence-electron chi connectivity index (χ0n) is 19.4. The summed E-state index contributed by atoms with van der Waals surface area (Å²) < 4.78 is 0. The monoisotopic (exact) mass is 441 g/mol. The first kappa shape index (κ1) is 20.6. The third-order valence-corrected chi connectivity index (χ3v) is 6.88. The Morgan fingerprint density at radius 2 is 1.76 bits per heavy atom. The topological polar surface area (TPSA) is 48.8 Å². The van der Waals surface area contributed by atoms with Gasteiger partial charge in [-0.1, -0.05) is 54.6 Å². The van der Waals surface area contributed by atoms with E-state index >= 15 is 0 Å². The SMILES string of the molecule is Cc1cccc(C2=C(c3ccc4c(c3)=CC(c3ccc5c(c3)CC(=N)C5)=CCC=4)CC=CN2)n1. The van der Waals surface area contributed by atoms with Gasteiger partial charge < -0.3 is 10.7 Å². The van der Waals surface area contributed by atoms with Crippen LogP contribution in [0, 0.1) is 12.3 Å². The van der Waals surface area contributed by atoms with E-state index in [9.17, 15) is 0 Å². The number of allylic oxidation sites excluding steroid dienone is 4. The molecule has 3 nitrogen and oxygen atoms in total. The van der Waals surface area contributed by atoms with Crippen molar-refractivity contribution in [3.8, 4) is 0 Å². The average Bonchev–Trinajstić information content (AvgIpc) is 3.09. The van der Waals surface area contributed by atoms with Crippen molar-refractivity contribution in [3.63, 3.8) is 0 Å². The molecule has 2 N–H and O–H groups in total. The highest BCUT2D eigenvalue weighted by Crippen LogP contribution is 2.29. The van der Waals surface area contributed by atoms with Crippen molar-refractivity contribution in [2.45, 2.75) is 32.6 Å². The number of fused-ring (bicyclic) bond motifs is 2. The van der Waals surface area contributed by atoms with Crippen molar-refractivity contribution < 1.29 is 0 Å². The van der Waals surface area contributed by atoms with Crippen LogP contribution < -0.4 is 15.8 Å². The molecule has 166 valence electrons. The zero-order chi connectivity index (χ0) is 23.1. The molecule has 2 heterocycles. The second-order valence-electron chi connectivity index (χ2n) is 9.30. The number of dihydropyridines is 1. The Hall–Kier alpha value is -3.98. The molecule has 1 aliphatic heterocycles. The lowest BCUT2D eigenvalue weighted by Crippen LogP contribution is -2.24. The maximum atomic E-state index is 8.05. The molecule has 0 atom stereocenters. The highest BCUT2D eigenvalue weighted by atomic mass is 14.9. The van der Waals surface area contributed by atoms with Crippen LogP contribution in [0.1, 0.15) is 46.5 Å². The molecule has 2 aromatic carbocycles. The second kappa shape index (κ2) is 8.42. The first-order valence-electron chi connectivity index (χ1n) is 11.9. The predicted octanol–water partition coefficient (Wildman–Crippen LogP) is 4.93. The fourth-order valence-electron chi connectivity index (χ4n) is 5.16. The molecule has 0 saturated carbocycles. The molecule has 0 bridgehead atoms. The fourth-order valence-corrected chi connectivity index (χ4v) is 5.16. The van der Waals surface area contributed by atoms with E-state index in [1.54, 1.807) is 0 Å². The number of nitrogens with one attached hydrogen (secondary N) is 2. The number of nitrogens with zero attached hydrogens (tertiary/aromatic N) is 1. The molecule has 3 heteroatoms. The van der Waals surface area contributed by atoms with E-state index < -0.39 is 0 Å². The summed E-state index contributed by atoms with van der Waals surface area (Å²) in [5.41, 5.74) is 11.5. The summed E-state index contributed by atoms with van der Waals surface area (Å²) in [4.78, 5) is 4.77. The summed E-state index contributed by atoms with van der Waals surface area (Å²) in [5.74, 6) is 0. The van der Waals surface area contributed by atoms with Crippen LogP contribution in [0.2, 0.25) is 0 Å². The van der Waals surface area contributed by atoms with Crippen LogP contribution in [-0.4, -0.2) is 10.7 Å². The molecular weight excluding hydrogens is 414 g/mol. The minimum absolute atomic E-state index is 0.785. The van der Waals surface area contributed by atoms with Gasteiger partial charge in [0.15, 0.2) is 0 Å². The third-order valence-electron chi connectivity index (χ3n) is 6.88. The van der Waals surface area contributed by atoms with Crippen molar-refractivity contribution in [1.82, 2.24) is 10.3 Å². The summed E-state index contributed by atoms with van der Waals surface area (Å²) in [6.45, 7) is 2.03. The van der Waals surface area contributed by atoms with Crippen molar-refractivity contribution in [3.05, 3.63) is 117 Å². The van der Waals surface area contributed by atoms with Gasteiger partial charge in [0, 0.05) is 24.2 Å². The van der Waals surface area contributed by atoms with Crippen molar-refractivity contribution >= 4 is 34.7 Å². The minimum atomic E-state index is 0.785. The lowest BCUT2D eigenvalue weighted by Gasteiger charge is -2.18. The van der Waals surface area contributed by atoms with Gasteiger partial charge in [0.1, 0.15) is 0 Å². The molecule has 3 aliphatic rings. The van der Waals surface area contributed by atoms with Gasteiger partial charge in [0.2, 0.25) is 0 Å². The van der Waals surface area contributed by atoms with Crippen LogP contribution in [0.3, 0.4) is 0 Å². The average molecular weight is 442 g/mol. The molecule has 0 saturated heterocycles. The van der Waals surface area contributed by atoms with E-state index in [-0.39, 0.29) is 0 Å². The summed E-state index contributed by atoms with van der Waals surface area (Å²) in [6, 6.07) is 19.7. The predicted molar refractivity (Wildman–Crippen MR) is 141 cm³/mol. The minimum Gasteiger partial charge on any atom is -0.360 e. The van der Waals surface area contributed by atoms with Crippen molar-refractivity contribution in [2.75, 3.05) is 0 Å². The standard InChI is InChI=1S/C31H27N3/c1-20-5-2-9-30(34-20)31-29(8-4-14-33-31)25-13-10-21-6-3-7-22(15-26(21)17-25)23-11-12-24-18-28(32)19-27(24)16-23/h2,4-7,9-17,32-33H,3,8,18-19H2,1H3. The molecule has 0 amide bonds. The van der Waals surface area contributed by atoms with Crippen LogP contribution in [0.4, 0.5) is 0 Å². The molecule has 34 heavy (non-hydrogen) atoms. The Labute approximate surface area is 200 Å². The van der Waals surface area contributed by atoms with E-state index in [1.807, 2.05) is 19.2 Å². The van der Waals surface area contributed by atoms with Crippen LogP contribution in [0.25, 0.3) is 29.0 Å². The third kappa shape index (κ3) is 3.84. The maximum Gasteiger partial charge on any atom is 0.0870 e. The molecular formula is C31H27N3. The first-order chi connectivity index (χ1) is 16.6. The zero-order valence-corrected chi connectivity index (χ0v) is 19.4. The van der Waals surface area contributed by atoms with Gasteiger partial charge >= 0.3 is 0 Å². The van der Waals surface area contributed by atoms with Gasteiger partial charge in [-0.25, -0.2) is 0 Å².